The minimum Gasteiger partial charge on any atom is -0.493 e. The number of rotatable bonds is 6. The Morgan fingerprint density at radius 3 is 2.55 bits per heavy atom. The molecule has 0 amide bonds. The number of ketones is 1. The summed E-state index contributed by atoms with van der Waals surface area (Å²) in [5.41, 5.74) is 1.30. The van der Waals surface area contributed by atoms with Gasteiger partial charge in [0.05, 0.1) is 31.3 Å². The van der Waals surface area contributed by atoms with Gasteiger partial charge in [-0.3, -0.25) is 4.79 Å². The van der Waals surface area contributed by atoms with Gasteiger partial charge >= 0.3 is 5.97 Å². The molecule has 1 fully saturated rings. The second-order valence-electron chi connectivity index (χ2n) is 7.62. The monoisotopic (exact) mass is 426 g/mol. The van der Waals surface area contributed by atoms with E-state index in [-0.39, 0.29) is 35.5 Å². The van der Waals surface area contributed by atoms with Gasteiger partial charge in [-0.15, -0.1) is 0 Å². The average Bonchev–Trinajstić information content (AvgIpc) is 2.80. The third-order valence-corrected chi connectivity index (χ3v) is 5.58. The summed E-state index contributed by atoms with van der Waals surface area (Å²) in [7, 11) is 1.31. The molecule has 4 rings (SSSR count). The van der Waals surface area contributed by atoms with Crippen LogP contribution in [0.2, 0.25) is 0 Å². The largest absolute Gasteiger partial charge is 0.493 e. The Balaban J connectivity index is 1.33. The van der Waals surface area contributed by atoms with Crippen LogP contribution in [-0.2, 0) is 25.6 Å². The molecule has 1 saturated carbocycles. The van der Waals surface area contributed by atoms with Gasteiger partial charge in [0.25, 0.3) is 0 Å². The number of fused-ring (bicyclic) bond motifs is 1. The van der Waals surface area contributed by atoms with Crippen LogP contribution in [0.4, 0.5) is 4.39 Å². The molecule has 1 heterocycles. The second-order valence-corrected chi connectivity index (χ2v) is 7.62. The van der Waals surface area contributed by atoms with Crippen molar-refractivity contribution in [1.29, 1.82) is 0 Å². The first-order chi connectivity index (χ1) is 15.0. The van der Waals surface area contributed by atoms with Crippen molar-refractivity contribution in [1.82, 2.24) is 0 Å². The van der Waals surface area contributed by atoms with Gasteiger partial charge in [-0.05, 0) is 54.8 Å². The topological polar surface area (TPSA) is 71.1 Å². The third kappa shape index (κ3) is 4.94. The zero-order chi connectivity index (χ0) is 21.8. The van der Waals surface area contributed by atoms with Crippen LogP contribution in [0.25, 0.3) is 0 Å². The highest BCUT2D eigenvalue weighted by Gasteiger charge is 2.41. The van der Waals surface area contributed by atoms with Crippen molar-refractivity contribution in [3.05, 3.63) is 77.5 Å². The first-order valence-corrected chi connectivity index (χ1v) is 10.2. The lowest BCUT2D eigenvalue weighted by Gasteiger charge is -2.37. The number of Topliss-reactive ketones (excluding diaryl/α,β-unsaturated/α-hetero) is 1. The molecule has 3 unspecified atom stereocenters. The maximum Gasteiger partial charge on any atom is 0.337 e. The van der Waals surface area contributed by atoms with E-state index in [0.717, 1.165) is 12.0 Å². The highest BCUT2D eigenvalue weighted by molar-refractivity contribution is 5.96. The summed E-state index contributed by atoms with van der Waals surface area (Å²) in [6, 6.07) is 12.6. The molecule has 0 saturated heterocycles. The van der Waals surface area contributed by atoms with Crippen LogP contribution >= 0.6 is 0 Å². The molecule has 162 valence electrons. The van der Waals surface area contributed by atoms with Crippen molar-refractivity contribution in [2.24, 2.45) is 5.92 Å². The molecule has 1 aliphatic heterocycles. The van der Waals surface area contributed by atoms with Crippen molar-refractivity contribution < 1.29 is 32.9 Å². The molecular weight excluding hydrogens is 403 g/mol. The molecular formula is C24H23FO6. The van der Waals surface area contributed by atoms with E-state index >= 15 is 0 Å². The van der Waals surface area contributed by atoms with Gasteiger partial charge in [-0.1, -0.05) is 12.1 Å². The Bertz CT molecular complexity index is 967. The molecule has 1 aliphatic carbocycles. The van der Waals surface area contributed by atoms with E-state index in [1.165, 1.54) is 25.5 Å². The van der Waals surface area contributed by atoms with Crippen LogP contribution in [0.1, 0.15) is 35.2 Å². The van der Waals surface area contributed by atoms with Gasteiger partial charge in [-0.2, -0.15) is 0 Å². The normalized spacial score (nSPS) is 22.7. The first-order valence-electron chi connectivity index (χ1n) is 10.2. The zero-order valence-electron chi connectivity index (χ0n) is 17.1. The van der Waals surface area contributed by atoms with Crippen LogP contribution < -0.4 is 4.74 Å². The minimum absolute atomic E-state index is 0.0270. The molecule has 2 aromatic carbocycles. The van der Waals surface area contributed by atoms with Gasteiger partial charge < -0.3 is 18.9 Å². The summed E-state index contributed by atoms with van der Waals surface area (Å²) in [6.07, 6.45) is 3.06. The number of hydrogen-bond acceptors (Lipinski definition) is 6. The van der Waals surface area contributed by atoms with E-state index in [1.807, 2.05) is 0 Å². The van der Waals surface area contributed by atoms with E-state index in [4.69, 9.17) is 14.2 Å². The molecule has 31 heavy (non-hydrogen) atoms. The molecule has 2 aromatic rings. The molecule has 7 heteroatoms. The number of carbonyl (C=O) groups is 2. The van der Waals surface area contributed by atoms with E-state index in [2.05, 4.69) is 4.74 Å². The smallest absolute Gasteiger partial charge is 0.337 e. The van der Waals surface area contributed by atoms with E-state index in [1.54, 1.807) is 36.4 Å². The zero-order valence-corrected chi connectivity index (χ0v) is 17.1. The van der Waals surface area contributed by atoms with Crippen LogP contribution in [0, 0.1) is 11.7 Å². The summed E-state index contributed by atoms with van der Waals surface area (Å²) in [5.74, 6) is -0.500. The van der Waals surface area contributed by atoms with E-state index < -0.39 is 5.97 Å². The molecule has 0 aromatic heterocycles. The van der Waals surface area contributed by atoms with Gasteiger partial charge in [0, 0.05) is 6.42 Å². The minimum atomic E-state index is -0.441. The highest BCUT2D eigenvalue weighted by atomic mass is 19.1. The lowest BCUT2D eigenvalue weighted by molar-refractivity contribution is -0.134. The summed E-state index contributed by atoms with van der Waals surface area (Å²) < 4.78 is 35.1. The lowest BCUT2D eigenvalue weighted by Crippen LogP contribution is -2.42. The fraction of sp³-hybridized carbons (Fsp3) is 0.333. The van der Waals surface area contributed by atoms with Crippen LogP contribution in [0.3, 0.4) is 0 Å². The van der Waals surface area contributed by atoms with Gasteiger partial charge in [0.15, 0.2) is 0 Å². The van der Waals surface area contributed by atoms with Crippen molar-refractivity contribution >= 4 is 11.8 Å². The molecule has 0 N–H and O–H groups in total. The molecule has 0 radical (unpaired) electrons. The molecule has 2 aliphatic rings. The Hall–Kier alpha value is -3.19. The summed E-state index contributed by atoms with van der Waals surface area (Å²) in [4.78, 5) is 24.4. The second kappa shape index (κ2) is 9.31. The lowest BCUT2D eigenvalue weighted by atomic mass is 9.80. The highest BCUT2D eigenvalue weighted by Crippen LogP contribution is 2.35. The number of allylic oxidation sites excluding steroid dienone is 1. The quantitative estimate of drug-likeness (QED) is 0.646. The van der Waals surface area contributed by atoms with Gasteiger partial charge in [0.2, 0.25) is 11.5 Å². The number of ether oxygens (including phenoxy) is 4. The standard InChI is InChI=1S/C24H23FO6/c1-28-24(27)16-4-8-18(9-5-16)31-22-14-30-21-12-19(10-11-20(21)23(22)26)29-13-15-2-6-17(25)7-3-15/h2-9,14,19-21H,10-13H2,1H3. The predicted octanol–water partition coefficient (Wildman–Crippen LogP) is 4.19. The maximum absolute atomic E-state index is 13.0. The van der Waals surface area contributed by atoms with E-state index in [0.29, 0.717) is 30.8 Å². The molecule has 6 nitrogen and oxygen atoms in total. The Morgan fingerprint density at radius 1 is 1.10 bits per heavy atom. The number of methoxy groups -OCH3 is 1. The molecule has 0 spiro atoms. The Labute approximate surface area is 179 Å². The Morgan fingerprint density at radius 2 is 1.84 bits per heavy atom. The van der Waals surface area contributed by atoms with Crippen LogP contribution in [0.15, 0.2) is 60.6 Å². The predicted molar refractivity (Wildman–Crippen MR) is 109 cm³/mol. The molecule has 3 atom stereocenters. The van der Waals surface area contributed by atoms with Crippen molar-refractivity contribution in [3.8, 4) is 5.75 Å². The number of hydrogen-bond donors (Lipinski definition) is 0. The fourth-order valence-corrected chi connectivity index (χ4v) is 3.86. The first kappa shape index (κ1) is 21.1. The fourth-order valence-electron chi connectivity index (χ4n) is 3.86. The number of benzene rings is 2. The van der Waals surface area contributed by atoms with Crippen LogP contribution in [0.5, 0.6) is 5.75 Å². The van der Waals surface area contributed by atoms with E-state index in [9.17, 15) is 14.0 Å². The SMILES string of the molecule is COC(=O)c1ccc(OC2=COC3CC(OCc4ccc(F)cc4)CCC3C2=O)cc1. The number of halogens is 1. The van der Waals surface area contributed by atoms with Crippen molar-refractivity contribution in [2.75, 3.05) is 7.11 Å². The number of carbonyl (C=O) groups excluding carboxylic acids is 2. The van der Waals surface area contributed by atoms with Crippen molar-refractivity contribution in [2.45, 2.75) is 38.1 Å². The summed E-state index contributed by atoms with van der Waals surface area (Å²) >= 11 is 0. The Kier molecular flexibility index (Phi) is 6.32. The van der Waals surface area contributed by atoms with Crippen molar-refractivity contribution in [3.63, 3.8) is 0 Å². The van der Waals surface area contributed by atoms with Gasteiger partial charge in [0.1, 0.15) is 23.9 Å². The summed E-state index contributed by atoms with van der Waals surface area (Å²) in [6.45, 7) is 0.391. The average molecular weight is 426 g/mol. The number of esters is 1. The molecule has 0 bridgehead atoms. The van der Waals surface area contributed by atoms with Gasteiger partial charge in [-0.25, -0.2) is 9.18 Å². The van der Waals surface area contributed by atoms with Crippen LogP contribution in [-0.4, -0.2) is 31.1 Å². The maximum atomic E-state index is 13.0. The third-order valence-electron chi connectivity index (χ3n) is 5.58. The summed E-state index contributed by atoms with van der Waals surface area (Å²) in [5, 5.41) is 0.